The molecule has 0 spiro atoms. The van der Waals surface area contributed by atoms with E-state index >= 15 is 0 Å². The molecule has 0 fully saturated rings. The molecule has 3 aromatic rings. The molecule has 0 aliphatic heterocycles. The van der Waals surface area contributed by atoms with Crippen molar-refractivity contribution in [1.29, 1.82) is 0 Å². The van der Waals surface area contributed by atoms with Gasteiger partial charge in [-0.3, -0.25) is 4.72 Å². The molecule has 1 heterocycles. The molecule has 0 amide bonds. The minimum Gasteiger partial charge on any atom is -0.492 e. The lowest BCUT2D eigenvalue weighted by Crippen LogP contribution is -2.26. The Balaban J connectivity index is 1.49. The summed E-state index contributed by atoms with van der Waals surface area (Å²) in [5.41, 5.74) is 2.56. The summed E-state index contributed by atoms with van der Waals surface area (Å²) in [4.78, 5) is 14.6. The first-order valence-electron chi connectivity index (χ1n) is 10.7. The second kappa shape index (κ2) is 11.2. The van der Waals surface area contributed by atoms with Crippen LogP contribution in [0.25, 0.3) is 10.9 Å². The normalized spacial score (nSPS) is 12.4. The van der Waals surface area contributed by atoms with Gasteiger partial charge in [0, 0.05) is 35.2 Å². The smallest absolute Gasteiger partial charge is 0.492 e. The van der Waals surface area contributed by atoms with Crippen LogP contribution in [0.3, 0.4) is 0 Å². The maximum absolute atomic E-state index is 11.6. The summed E-state index contributed by atoms with van der Waals surface area (Å²) in [6, 6.07) is 12.1. The van der Waals surface area contributed by atoms with Crippen molar-refractivity contribution in [3.8, 4) is 11.6 Å². The van der Waals surface area contributed by atoms with E-state index in [-0.39, 0.29) is 13.2 Å². The number of benzene rings is 2. The van der Waals surface area contributed by atoms with Gasteiger partial charge in [0.2, 0.25) is 15.9 Å². The number of anilines is 1. The fourth-order valence-electron chi connectivity index (χ4n) is 3.32. The third-order valence-corrected chi connectivity index (χ3v) is 5.50. The number of H-pyrrole nitrogens is 1. The lowest BCUT2D eigenvalue weighted by atomic mass is 10.1. The summed E-state index contributed by atoms with van der Waals surface area (Å²) in [6.45, 7) is 4.89. The quantitative estimate of drug-likeness (QED) is 0.237. The Labute approximate surface area is 198 Å². The van der Waals surface area contributed by atoms with Crippen LogP contribution in [-0.2, 0) is 14.8 Å². The first-order chi connectivity index (χ1) is 16.2. The fraction of sp³-hybridized carbons (Fsp3) is 0.348. The Morgan fingerprint density at radius 3 is 2.74 bits per heavy atom. The van der Waals surface area contributed by atoms with Crippen LogP contribution >= 0.6 is 0 Å². The number of aryl methyl sites for hydroxylation is 1. The highest BCUT2D eigenvalue weighted by Crippen LogP contribution is 2.30. The van der Waals surface area contributed by atoms with E-state index in [0.717, 1.165) is 22.7 Å². The molecule has 1 aromatic heterocycles. The second-order valence-electron chi connectivity index (χ2n) is 7.64. The number of fused-ring (bicyclic) bond motifs is 1. The van der Waals surface area contributed by atoms with Gasteiger partial charge < -0.3 is 29.6 Å². The molecule has 0 unspecified atom stereocenters. The molecule has 0 radical (unpaired) electrons. The van der Waals surface area contributed by atoms with E-state index in [0.29, 0.717) is 36.0 Å². The summed E-state index contributed by atoms with van der Waals surface area (Å²) >= 11 is 0. The van der Waals surface area contributed by atoms with E-state index in [4.69, 9.17) is 14.2 Å². The number of rotatable bonds is 11. The highest BCUT2D eigenvalue weighted by molar-refractivity contribution is 7.92. The van der Waals surface area contributed by atoms with Crippen LogP contribution in [0.4, 0.5) is 10.5 Å². The van der Waals surface area contributed by atoms with Crippen LogP contribution in [-0.4, -0.2) is 57.2 Å². The van der Waals surface area contributed by atoms with Crippen LogP contribution in [0.15, 0.2) is 42.5 Å². The van der Waals surface area contributed by atoms with Crippen LogP contribution in [0, 0.1) is 6.92 Å². The van der Waals surface area contributed by atoms with Gasteiger partial charge in [-0.25, -0.2) is 13.2 Å². The molecule has 11 heteroatoms. The molecule has 0 saturated carbocycles. The summed E-state index contributed by atoms with van der Waals surface area (Å²) < 4.78 is 40.9. The molecule has 0 aliphatic rings. The molecule has 10 nitrogen and oxygen atoms in total. The number of carbonyl (C=O) groups is 1. The average molecular weight is 492 g/mol. The van der Waals surface area contributed by atoms with Gasteiger partial charge in [-0.1, -0.05) is 12.1 Å². The SMILES string of the molecule is CCOC(=O)Oc1[nH]c2ccc(OCCNC[C@H](O)c3cccc(NS(C)(=O)=O)c3)cc2c1C. The predicted octanol–water partition coefficient (Wildman–Crippen LogP) is 3.09. The van der Waals surface area contributed by atoms with E-state index in [1.165, 1.54) is 0 Å². The van der Waals surface area contributed by atoms with Gasteiger partial charge in [0.15, 0.2) is 0 Å². The Morgan fingerprint density at radius 1 is 1.21 bits per heavy atom. The summed E-state index contributed by atoms with van der Waals surface area (Å²) in [5, 5.41) is 14.4. The Hall–Kier alpha value is -3.28. The van der Waals surface area contributed by atoms with Crippen LogP contribution in [0.2, 0.25) is 0 Å². The molecule has 2 aromatic carbocycles. The van der Waals surface area contributed by atoms with Crippen molar-refractivity contribution in [1.82, 2.24) is 10.3 Å². The standard InChI is InChI=1S/C23H29N3O7S/c1-4-31-23(28)33-22-15(2)19-13-18(8-9-20(19)25-22)32-11-10-24-14-21(27)16-6-5-7-17(12-16)26-34(3,29)30/h5-9,12-13,21,24-27H,4,10-11,14H2,1-3H3/t21-/m0/s1. The number of ether oxygens (including phenoxy) is 3. The number of aromatic nitrogens is 1. The van der Waals surface area contributed by atoms with Crippen LogP contribution in [0.1, 0.15) is 24.2 Å². The van der Waals surface area contributed by atoms with E-state index in [2.05, 4.69) is 15.0 Å². The van der Waals surface area contributed by atoms with Crippen LogP contribution in [0.5, 0.6) is 11.6 Å². The van der Waals surface area contributed by atoms with Gasteiger partial charge in [0.25, 0.3) is 0 Å². The van der Waals surface area contributed by atoms with Crippen LogP contribution < -0.4 is 19.5 Å². The summed E-state index contributed by atoms with van der Waals surface area (Å²) in [7, 11) is -3.39. The topological polar surface area (TPSA) is 139 Å². The maximum atomic E-state index is 11.6. The number of aliphatic hydroxyl groups is 1. The number of sulfonamides is 1. The maximum Gasteiger partial charge on any atom is 0.515 e. The minimum absolute atomic E-state index is 0.230. The van der Waals surface area contributed by atoms with Crippen molar-refractivity contribution in [2.24, 2.45) is 0 Å². The fourth-order valence-corrected chi connectivity index (χ4v) is 3.88. The molecule has 0 saturated heterocycles. The number of nitrogens with one attached hydrogen (secondary N) is 3. The Bertz CT molecular complexity index is 1240. The molecule has 0 aliphatic carbocycles. The van der Waals surface area contributed by atoms with Crippen molar-refractivity contribution < 1.29 is 32.5 Å². The van der Waals surface area contributed by atoms with Gasteiger partial charge in [-0.05, 0) is 49.7 Å². The number of hydrogen-bond acceptors (Lipinski definition) is 8. The third kappa shape index (κ3) is 7.11. The van der Waals surface area contributed by atoms with Crippen molar-refractivity contribution in [2.45, 2.75) is 20.0 Å². The largest absolute Gasteiger partial charge is 0.515 e. The molecule has 0 bridgehead atoms. The van der Waals surface area contributed by atoms with E-state index in [1.807, 2.05) is 25.1 Å². The zero-order chi connectivity index (χ0) is 24.7. The van der Waals surface area contributed by atoms with Crippen molar-refractivity contribution in [3.05, 3.63) is 53.6 Å². The molecule has 3 rings (SSSR count). The molecule has 1 atom stereocenters. The Morgan fingerprint density at radius 2 is 2.00 bits per heavy atom. The average Bonchev–Trinajstić information content (AvgIpc) is 3.07. The second-order valence-corrected chi connectivity index (χ2v) is 9.39. The summed E-state index contributed by atoms with van der Waals surface area (Å²) in [5.74, 6) is 0.983. The van der Waals surface area contributed by atoms with Crippen molar-refractivity contribution in [2.75, 3.05) is 37.3 Å². The lowest BCUT2D eigenvalue weighted by molar-refractivity contribution is 0.103. The van der Waals surface area contributed by atoms with Gasteiger partial charge in [0.05, 0.1) is 19.0 Å². The molecule has 184 valence electrons. The van der Waals surface area contributed by atoms with Crippen molar-refractivity contribution >= 4 is 32.8 Å². The van der Waals surface area contributed by atoms with Gasteiger partial charge in [0.1, 0.15) is 12.4 Å². The number of hydrogen-bond donors (Lipinski definition) is 4. The zero-order valence-corrected chi connectivity index (χ0v) is 20.1. The van der Waals surface area contributed by atoms with E-state index < -0.39 is 22.3 Å². The number of carbonyl (C=O) groups excluding carboxylic acids is 1. The first-order valence-corrected chi connectivity index (χ1v) is 12.6. The van der Waals surface area contributed by atoms with E-state index in [1.54, 1.807) is 31.2 Å². The first kappa shape index (κ1) is 25.3. The molecule has 34 heavy (non-hydrogen) atoms. The molecule has 4 N–H and O–H groups in total. The zero-order valence-electron chi connectivity index (χ0n) is 19.3. The molecular weight excluding hydrogens is 462 g/mol. The highest BCUT2D eigenvalue weighted by Gasteiger charge is 2.14. The number of aliphatic hydroxyl groups excluding tert-OH is 1. The third-order valence-electron chi connectivity index (χ3n) is 4.89. The van der Waals surface area contributed by atoms with E-state index in [9.17, 15) is 18.3 Å². The monoisotopic (exact) mass is 491 g/mol. The van der Waals surface area contributed by atoms with Crippen molar-refractivity contribution in [3.63, 3.8) is 0 Å². The number of aromatic amines is 1. The molecular formula is C23H29N3O7S. The lowest BCUT2D eigenvalue weighted by Gasteiger charge is -2.14. The minimum atomic E-state index is -3.39. The summed E-state index contributed by atoms with van der Waals surface area (Å²) in [6.07, 6.45) is -0.499. The predicted molar refractivity (Wildman–Crippen MR) is 129 cm³/mol. The Kier molecular flexibility index (Phi) is 8.37. The van der Waals surface area contributed by atoms with Gasteiger partial charge >= 0.3 is 6.16 Å². The van der Waals surface area contributed by atoms with Gasteiger partial charge in [-0.15, -0.1) is 0 Å². The van der Waals surface area contributed by atoms with Gasteiger partial charge in [-0.2, -0.15) is 0 Å². The highest BCUT2D eigenvalue weighted by atomic mass is 32.2.